The van der Waals surface area contributed by atoms with Crippen molar-refractivity contribution in [2.45, 2.75) is 51.6 Å². The highest BCUT2D eigenvalue weighted by molar-refractivity contribution is 5.79. The molecule has 2 aliphatic heterocycles. The number of amides is 2. The predicted molar refractivity (Wildman–Crippen MR) is 115 cm³/mol. The second-order valence-electron chi connectivity index (χ2n) is 8.19. The first kappa shape index (κ1) is 21.1. The van der Waals surface area contributed by atoms with Crippen LogP contribution in [-0.2, 0) is 29.0 Å². The van der Waals surface area contributed by atoms with Gasteiger partial charge in [0.2, 0.25) is 11.8 Å². The van der Waals surface area contributed by atoms with Crippen LogP contribution in [0.4, 0.5) is 0 Å². The third-order valence-electron chi connectivity index (χ3n) is 6.19. The highest BCUT2D eigenvalue weighted by Gasteiger charge is 2.31. The van der Waals surface area contributed by atoms with Gasteiger partial charge in [-0.3, -0.25) is 14.4 Å². The molecule has 31 heavy (non-hydrogen) atoms. The molecule has 4 rings (SSSR count). The fourth-order valence-corrected chi connectivity index (χ4v) is 4.42. The minimum absolute atomic E-state index is 0.0144. The summed E-state index contributed by atoms with van der Waals surface area (Å²) in [6.07, 6.45) is 3.44. The molecule has 1 atom stereocenters. The van der Waals surface area contributed by atoms with Gasteiger partial charge in [0.1, 0.15) is 11.6 Å². The van der Waals surface area contributed by atoms with Gasteiger partial charge in [-0.1, -0.05) is 12.1 Å². The van der Waals surface area contributed by atoms with E-state index in [1.54, 1.807) is 12.0 Å². The molecule has 164 valence electrons. The van der Waals surface area contributed by atoms with Crippen LogP contribution in [0.3, 0.4) is 0 Å². The van der Waals surface area contributed by atoms with Crippen molar-refractivity contribution in [2.75, 3.05) is 20.2 Å². The normalized spacial score (nSPS) is 18.5. The summed E-state index contributed by atoms with van der Waals surface area (Å²) in [6.45, 7) is 3.04. The minimum Gasteiger partial charge on any atom is -0.497 e. The van der Waals surface area contributed by atoms with E-state index in [4.69, 9.17) is 9.72 Å². The lowest BCUT2D eigenvalue weighted by Crippen LogP contribution is -2.42. The third kappa shape index (κ3) is 4.47. The molecular formula is C23H28N4O4. The summed E-state index contributed by atoms with van der Waals surface area (Å²) in [5, 5.41) is 0. The zero-order valence-electron chi connectivity index (χ0n) is 18.0. The molecule has 0 aliphatic carbocycles. The number of methoxy groups -OCH3 is 1. The van der Waals surface area contributed by atoms with Gasteiger partial charge < -0.3 is 19.5 Å². The molecule has 0 bridgehead atoms. The summed E-state index contributed by atoms with van der Waals surface area (Å²) in [6, 6.07) is 7.22. The summed E-state index contributed by atoms with van der Waals surface area (Å²) in [7, 11) is 1.61. The van der Waals surface area contributed by atoms with E-state index in [1.165, 1.54) is 6.92 Å². The van der Waals surface area contributed by atoms with Crippen LogP contribution >= 0.6 is 0 Å². The number of carbonyl (C=O) groups is 2. The van der Waals surface area contributed by atoms with Crippen LogP contribution in [0.15, 0.2) is 29.1 Å². The number of aromatic nitrogens is 2. The second kappa shape index (κ2) is 8.91. The molecule has 0 saturated carbocycles. The Balaban J connectivity index is 1.57. The van der Waals surface area contributed by atoms with Gasteiger partial charge in [0, 0.05) is 25.6 Å². The summed E-state index contributed by atoms with van der Waals surface area (Å²) in [4.78, 5) is 48.9. The van der Waals surface area contributed by atoms with Crippen molar-refractivity contribution in [1.29, 1.82) is 0 Å². The van der Waals surface area contributed by atoms with Crippen molar-refractivity contribution in [3.63, 3.8) is 0 Å². The maximum Gasteiger partial charge on any atom is 0.254 e. The number of nitrogens with one attached hydrogen (secondary N) is 1. The smallest absolute Gasteiger partial charge is 0.254 e. The van der Waals surface area contributed by atoms with Gasteiger partial charge in [-0.25, -0.2) is 4.98 Å². The van der Waals surface area contributed by atoms with Crippen molar-refractivity contribution in [1.82, 2.24) is 19.8 Å². The molecule has 1 aromatic carbocycles. The van der Waals surface area contributed by atoms with Crippen LogP contribution in [0.2, 0.25) is 0 Å². The Morgan fingerprint density at radius 3 is 2.68 bits per heavy atom. The Kier molecular flexibility index (Phi) is 6.06. The molecular weight excluding hydrogens is 396 g/mol. The van der Waals surface area contributed by atoms with Crippen LogP contribution in [0, 0.1) is 0 Å². The average Bonchev–Trinajstić information content (AvgIpc) is 2.79. The largest absolute Gasteiger partial charge is 0.497 e. The first-order valence-corrected chi connectivity index (χ1v) is 10.8. The van der Waals surface area contributed by atoms with E-state index in [9.17, 15) is 14.4 Å². The molecule has 0 spiro atoms. The van der Waals surface area contributed by atoms with Gasteiger partial charge in [-0.05, 0) is 43.4 Å². The number of nitrogens with zero attached hydrogens (tertiary/aromatic N) is 3. The Labute approximate surface area is 181 Å². The molecule has 2 aromatic rings. The van der Waals surface area contributed by atoms with Gasteiger partial charge in [-0.2, -0.15) is 0 Å². The number of piperidine rings is 1. The van der Waals surface area contributed by atoms with Gasteiger partial charge in [0.25, 0.3) is 5.56 Å². The van der Waals surface area contributed by atoms with Gasteiger partial charge >= 0.3 is 0 Å². The van der Waals surface area contributed by atoms with Gasteiger partial charge in [0.05, 0.1) is 31.8 Å². The van der Waals surface area contributed by atoms with E-state index < -0.39 is 0 Å². The molecule has 8 heteroatoms. The van der Waals surface area contributed by atoms with E-state index in [2.05, 4.69) is 4.98 Å². The maximum absolute atomic E-state index is 13.1. The Hall–Kier alpha value is -3.16. The van der Waals surface area contributed by atoms with Crippen molar-refractivity contribution in [2.24, 2.45) is 0 Å². The number of benzene rings is 1. The first-order chi connectivity index (χ1) is 15.0. The van der Waals surface area contributed by atoms with Crippen molar-refractivity contribution < 1.29 is 14.3 Å². The highest BCUT2D eigenvalue weighted by atomic mass is 16.5. The molecule has 2 amide bonds. The van der Waals surface area contributed by atoms with Crippen LogP contribution in [-0.4, -0.2) is 51.8 Å². The standard InChI is InChI=1S/C23H28N4O4/c1-15(28)26-12-10-18-19(14-26)24-22(25-23(18)30)20-5-3-4-11-27(20)21(29)13-16-6-8-17(31-2)9-7-16/h6-9,20H,3-5,10-14H2,1-2H3,(H,24,25,30)/t20-/m1/s1. The summed E-state index contributed by atoms with van der Waals surface area (Å²) in [5.41, 5.74) is 2.05. The Morgan fingerprint density at radius 2 is 1.97 bits per heavy atom. The molecule has 3 heterocycles. The maximum atomic E-state index is 13.1. The minimum atomic E-state index is -0.259. The summed E-state index contributed by atoms with van der Waals surface area (Å²) in [5.74, 6) is 1.27. The van der Waals surface area contributed by atoms with Crippen LogP contribution in [0.1, 0.15) is 54.9 Å². The van der Waals surface area contributed by atoms with Crippen molar-refractivity contribution in [3.8, 4) is 5.75 Å². The first-order valence-electron chi connectivity index (χ1n) is 10.8. The number of rotatable bonds is 4. The molecule has 1 N–H and O–H groups in total. The van der Waals surface area contributed by atoms with E-state index in [0.29, 0.717) is 43.1 Å². The summed E-state index contributed by atoms with van der Waals surface area (Å²) < 4.78 is 5.18. The number of carbonyl (C=O) groups excluding carboxylic acids is 2. The monoisotopic (exact) mass is 424 g/mol. The number of hydrogen-bond acceptors (Lipinski definition) is 5. The third-order valence-corrected chi connectivity index (χ3v) is 6.19. The number of fused-ring (bicyclic) bond motifs is 1. The fraction of sp³-hybridized carbons (Fsp3) is 0.478. The van der Waals surface area contributed by atoms with E-state index in [1.807, 2.05) is 29.2 Å². The highest BCUT2D eigenvalue weighted by Crippen LogP contribution is 2.30. The SMILES string of the molecule is COc1ccc(CC(=O)N2CCCC[C@@H]2c2nc3c(c(=O)[nH]2)CCN(C(C)=O)C3)cc1. The zero-order valence-corrected chi connectivity index (χ0v) is 18.0. The van der Waals surface area contributed by atoms with Crippen LogP contribution in [0.5, 0.6) is 5.75 Å². The van der Waals surface area contributed by atoms with Gasteiger partial charge in [0.15, 0.2) is 0 Å². The molecule has 1 saturated heterocycles. The van der Waals surface area contributed by atoms with E-state index >= 15 is 0 Å². The number of aromatic amines is 1. The zero-order chi connectivity index (χ0) is 22.0. The average molecular weight is 425 g/mol. The fourth-order valence-electron chi connectivity index (χ4n) is 4.42. The molecule has 0 unspecified atom stereocenters. The van der Waals surface area contributed by atoms with Crippen LogP contribution < -0.4 is 10.3 Å². The van der Waals surface area contributed by atoms with E-state index in [-0.39, 0.29) is 29.8 Å². The van der Waals surface area contributed by atoms with Gasteiger partial charge in [-0.15, -0.1) is 0 Å². The number of H-pyrrole nitrogens is 1. The lowest BCUT2D eigenvalue weighted by atomic mass is 9.99. The number of hydrogen-bond donors (Lipinski definition) is 1. The predicted octanol–water partition coefficient (Wildman–Crippen LogP) is 1.98. The lowest BCUT2D eigenvalue weighted by Gasteiger charge is -2.36. The molecule has 2 aliphatic rings. The molecule has 1 fully saturated rings. The Bertz CT molecular complexity index is 1030. The Morgan fingerprint density at radius 1 is 1.19 bits per heavy atom. The second-order valence-corrected chi connectivity index (χ2v) is 8.19. The van der Waals surface area contributed by atoms with Crippen molar-refractivity contribution in [3.05, 3.63) is 57.3 Å². The molecule has 0 radical (unpaired) electrons. The lowest BCUT2D eigenvalue weighted by molar-refractivity contribution is -0.134. The van der Waals surface area contributed by atoms with Crippen LogP contribution in [0.25, 0.3) is 0 Å². The van der Waals surface area contributed by atoms with E-state index in [0.717, 1.165) is 30.6 Å². The number of likely N-dealkylation sites (tertiary alicyclic amines) is 1. The number of ether oxygens (including phenoxy) is 1. The topological polar surface area (TPSA) is 95.6 Å². The van der Waals surface area contributed by atoms with Crippen molar-refractivity contribution >= 4 is 11.8 Å². The molecule has 1 aromatic heterocycles. The summed E-state index contributed by atoms with van der Waals surface area (Å²) >= 11 is 0. The quantitative estimate of drug-likeness (QED) is 0.810. The molecule has 8 nitrogen and oxygen atoms in total.